The summed E-state index contributed by atoms with van der Waals surface area (Å²) < 4.78 is 6.45. The lowest BCUT2D eigenvalue weighted by Gasteiger charge is -2.17. The molecule has 17 heavy (non-hydrogen) atoms. The Hall–Kier alpha value is -0.540. The van der Waals surface area contributed by atoms with Gasteiger partial charge in [-0.3, -0.25) is 4.90 Å². The zero-order valence-electron chi connectivity index (χ0n) is 10.7. The molecule has 1 heterocycles. The van der Waals surface area contributed by atoms with Crippen LogP contribution in [0.25, 0.3) is 0 Å². The minimum absolute atomic E-state index is 0.805. The lowest BCUT2D eigenvalue weighted by Crippen LogP contribution is -2.20. The zero-order valence-corrected chi connectivity index (χ0v) is 12.3. The fourth-order valence-electron chi connectivity index (χ4n) is 2.42. The molecule has 2 unspecified atom stereocenters. The molecule has 0 spiro atoms. The zero-order chi connectivity index (χ0) is 12.4. The van der Waals surface area contributed by atoms with Gasteiger partial charge in [0.25, 0.3) is 0 Å². The molecular weight excluding hydrogens is 278 g/mol. The van der Waals surface area contributed by atoms with Crippen molar-refractivity contribution in [3.63, 3.8) is 0 Å². The third-order valence-corrected chi connectivity index (χ3v) is 4.48. The summed E-state index contributed by atoms with van der Waals surface area (Å²) in [6, 6.07) is 6.18. The Morgan fingerprint density at radius 2 is 1.94 bits per heavy atom. The van der Waals surface area contributed by atoms with Crippen LogP contribution in [0.5, 0.6) is 5.75 Å². The van der Waals surface area contributed by atoms with Crippen LogP contribution in [0.2, 0.25) is 0 Å². The highest BCUT2D eigenvalue weighted by molar-refractivity contribution is 9.10. The average molecular weight is 298 g/mol. The second-order valence-corrected chi connectivity index (χ2v) is 5.96. The van der Waals surface area contributed by atoms with Gasteiger partial charge in [0, 0.05) is 24.1 Å². The highest BCUT2D eigenvalue weighted by atomic mass is 79.9. The largest absolute Gasteiger partial charge is 0.497 e. The smallest absolute Gasteiger partial charge is 0.119 e. The number of halogens is 1. The van der Waals surface area contributed by atoms with Crippen molar-refractivity contribution in [2.45, 2.75) is 20.4 Å². The molecular formula is C14H20BrNO. The van der Waals surface area contributed by atoms with Crippen LogP contribution in [-0.4, -0.2) is 25.1 Å². The van der Waals surface area contributed by atoms with Crippen molar-refractivity contribution in [1.82, 2.24) is 4.90 Å². The van der Waals surface area contributed by atoms with E-state index >= 15 is 0 Å². The van der Waals surface area contributed by atoms with E-state index in [1.807, 2.05) is 6.07 Å². The van der Waals surface area contributed by atoms with Gasteiger partial charge in [0.15, 0.2) is 0 Å². The quantitative estimate of drug-likeness (QED) is 0.846. The summed E-state index contributed by atoms with van der Waals surface area (Å²) in [5.41, 5.74) is 1.31. The van der Waals surface area contributed by atoms with Crippen molar-refractivity contribution < 1.29 is 4.74 Å². The maximum Gasteiger partial charge on any atom is 0.119 e. The van der Waals surface area contributed by atoms with Crippen LogP contribution in [0, 0.1) is 11.8 Å². The number of nitrogens with zero attached hydrogens (tertiary/aromatic N) is 1. The molecule has 0 radical (unpaired) electrons. The lowest BCUT2D eigenvalue weighted by molar-refractivity contribution is 0.314. The predicted molar refractivity (Wildman–Crippen MR) is 74.3 cm³/mol. The van der Waals surface area contributed by atoms with Gasteiger partial charge in [0.05, 0.1) is 7.11 Å². The fraction of sp³-hybridized carbons (Fsp3) is 0.571. The summed E-state index contributed by atoms with van der Waals surface area (Å²) in [5.74, 6) is 2.54. The van der Waals surface area contributed by atoms with Gasteiger partial charge in [0.1, 0.15) is 5.75 Å². The van der Waals surface area contributed by atoms with E-state index < -0.39 is 0 Å². The highest BCUT2D eigenvalue weighted by Crippen LogP contribution is 2.28. The van der Waals surface area contributed by atoms with E-state index in [1.54, 1.807) is 7.11 Å². The van der Waals surface area contributed by atoms with E-state index in [0.717, 1.165) is 24.1 Å². The molecule has 1 saturated heterocycles. The van der Waals surface area contributed by atoms with Gasteiger partial charge in [-0.2, -0.15) is 0 Å². The number of hydrogen-bond donors (Lipinski definition) is 0. The predicted octanol–water partition coefficient (Wildman–Crippen LogP) is 3.55. The molecule has 1 fully saturated rings. The minimum atomic E-state index is 0.805. The molecule has 0 amide bonds. The molecule has 1 aliphatic rings. The first-order valence-corrected chi connectivity index (χ1v) is 6.94. The third-order valence-electron chi connectivity index (χ3n) is 3.71. The van der Waals surface area contributed by atoms with E-state index in [9.17, 15) is 0 Å². The van der Waals surface area contributed by atoms with Crippen molar-refractivity contribution in [3.05, 3.63) is 28.2 Å². The second kappa shape index (κ2) is 5.40. The van der Waals surface area contributed by atoms with Gasteiger partial charge >= 0.3 is 0 Å². The van der Waals surface area contributed by atoms with Gasteiger partial charge in [-0.25, -0.2) is 0 Å². The standard InChI is InChI=1S/C14H20BrNO/c1-10-7-16(8-11(10)2)9-12-6-13(17-3)4-5-14(12)15/h4-6,10-11H,7-9H2,1-3H3. The number of methoxy groups -OCH3 is 1. The Morgan fingerprint density at radius 1 is 1.29 bits per heavy atom. The topological polar surface area (TPSA) is 12.5 Å². The van der Waals surface area contributed by atoms with Gasteiger partial charge < -0.3 is 4.74 Å². The molecule has 0 N–H and O–H groups in total. The first-order valence-electron chi connectivity index (χ1n) is 6.15. The lowest BCUT2D eigenvalue weighted by atomic mass is 10.0. The van der Waals surface area contributed by atoms with Crippen LogP contribution in [0.1, 0.15) is 19.4 Å². The molecule has 2 atom stereocenters. The van der Waals surface area contributed by atoms with Crippen LogP contribution in [0.15, 0.2) is 22.7 Å². The van der Waals surface area contributed by atoms with Crippen molar-refractivity contribution in [1.29, 1.82) is 0 Å². The Morgan fingerprint density at radius 3 is 2.53 bits per heavy atom. The molecule has 0 aliphatic carbocycles. The number of hydrogen-bond acceptors (Lipinski definition) is 2. The first kappa shape index (κ1) is 12.9. The van der Waals surface area contributed by atoms with E-state index in [-0.39, 0.29) is 0 Å². The van der Waals surface area contributed by atoms with Crippen molar-refractivity contribution in [2.75, 3.05) is 20.2 Å². The molecule has 1 aliphatic heterocycles. The normalized spacial score (nSPS) is 25.2. The van der Waals surface area contributed by atoms with Crippen LogP contribution in [-0.2, 0) is 6.54 Å². The van der Waals surface area contributed by atoms with Gasteiger partial charge in [0.2, 0.25) is 0 Å². The molecule has 1 aromatic rings. The van der Waals surface area contributed by atoms with Crippen LogP contribution >= 0.6 is 15.9 Å². The summed E-state index contributed by atoms with van der Waals surface area (Å²) in [6.45, 7) is 8.08. The Labute approximate surface area is 112 Å². The second-order valence-electron chi connectivity index (χ2n) is 5.11. The number of rotatable bonds is 3. The van der Waals surface area contributed by atoms with Gasteiger partial charge in [-0.05, 0) is 35.6 Å². The SMILES string of the molecule is COc1ccc(Br)c(CN2CC(C)C(C)C2)c1. The van der Waals surface area contributed by atoms with E-state index in [1.165, 1.54) is 23.1 Å². The molecule has 2 nitrogen and oxygen atoms in total. The average Bonchev–Trinajstić information content (AvgIpc) is 2.61. The van der Waals surface area contributed by atoms with Crippen molar-refractivity contribution >= 4 is 15.9 Å². The Balaban J connectivity index is 2.08. The first-order chi connectivity index (χ1) is 8.10. The Bertz CT molecular complexity index is 384. The molecule has 94 valence electrons. The molecule has 2 rings (SSSR count). The van der Waals surface area contributed by atoms with Crippen molar-refractivity contribution in [3.8, 4) is 5.75 Å². The maximum atomic E-state index is 5.28. The summed E-state index contributed by atoms with van der Waals surface area (Å²) in [6.07, 6.45) is 0. The van der Waals surface area contributed by atoms with E-state index in [2.05, 4.69) is 46.8 Å². The van der Waals surface area contributed by atoms with Crippen LogP contribution < -0.4 is 4.74 Å². The van der Waals surface area contributed by atoms with Crippen LogP contribution in [0.3, 0.4) is 0 Å². The van der Waals surface area contributed by atoms with Gasteiger partial charge in [-0.1, -0.05) is 29.8 Å². The number of likely N-dealkylation sites (tertiary alicyclic amines) is 1. The Kier molecular flexibility index (Phi) is 4.10. The van der Waals surface area contributed by atoms with Crippen LogP contribution in [0.4, 0.5) is 0 Å². The maximum absolute atomic E-state index is 5.28. The van der Waals surface area contributed by atoms with Crippen molar-refractivity contribution in [2.24, 2.45) is 11.8 Å². The molecule has 3 heteroatoms. The minimum Gasteiger partial charge on any atom is -0.497 e. The molecule has 0 saturated carbocycles. The van der Waals surface area contributed by atoms with E-state index in [4.69, 9.17) is 4.74 Å². The summed E-state index contributed by atoms with van der Waals surface area (Å²) in [5, 5.41) is 0. The number of benzene rings is 1. The fourth-order valence-corrected chi connectivity index (χ4v) is 2.79. The summed E-state index contributed by atoms with van der Waals surface area (Å²) >= 11 is 3.61. The summed E-state index contributed by atoms with van der Waals surface area (Å²) in [7, 11) is 1.72. The molecule has 1 aromatic carbocycles. The third kappa shape index (κ3) is 3.02. The monoisotopic (exact) mass is 297 g/mol. The highest BCUT2D eigenvalue weighted by Gasteiger charge is 2.26. The molecule has 0 bridgehead atoms. The number of ether oxygens (including phenoxy) is 1. The van der Waals surface area contributed by atoms with E-state index in [0.29, 0.717) is 0 Å². The summed E-state index contributed by atoms with van der Waals surface area (Å²) in [4.78, 5) is 2.52. The van der Waals surface area contributed by atoms with Gasteiger partial charge in [-0.15, -0.1) is 0 Å². The molecule has 0 aromatic heterocycles.